The average Bonchev–Trinajstić information content (AvgIpc) is 3.35. The Balaban J connectivity index is 1.67. The molecule has 3 aromatic rings. The van der Waals surface area contributed by atoms with Crippen molar-refractivity contribution < 1.29 is 9.53 Å². The zero-order valence-electron chi connectivity index (χ0n) is 15.2. The number of carbonyl (C=O) groups excluding carboxylic acids is 1. The van der Waals surface area contributed by atoms with Crippen molar-refractivity contribution in [1.82, 2.24) is 9.88 Å². The first-order valence-electron chi connectivity index (χ1n) is 9.19. The monoisotopic (exact) mass is 368 g/mol. The summed E-state index contributed by atoms with van der Waals surface area (Å²) in [6.07, 6.45) is 2.25. The van der Waals surface area contributed by atoms with E-state index in [1.54, 1.807) is 11.3 Å². The lowest BCUT2D eigenvalue weighted by Gasteiger charge is -2.19. The molecule has 4 nitrogen and oxygen atoms in total. The zero-order chi connectivity index (χ0) is 18.1. The van der Waals surface area contributed by atoms with Crippen LogP contribution in [0.4, 0.5) is 0 Å². The molecule has 1 saturated heterocycles. The van der Waals surface area contributed by atoms with Gasteiger partial charge in [-0.3, -0.25) is 4.79 Å². The van der Waals surface area contributed by atoms with E-state index in [-0.39, 0.29) is 18.1 Å². The first kappa shape index (κ1) is 17.3. The second kappa shape index (κ2) is 7.25. The summed E-state index contributed by atoms with van der Waals surface area (Å²) < 4.78 is 8.95. The molecule has 1 amide bonds. The van der Waals surface area contributed by atoms with E-state index < -0.39 is 0 Å². The topological polar surface area (TPSA) is 43.3 Å². The predicted molar refractivity (Wildman–Crippen MR) is 106 cm³/mol. The quantitative estimate of drug-likeness (QED) is 0.719. The van der Waals surface area contributed by atoms with Gasteiger partial charge in [0.1, 0.15) is 5.69 Å². The Bertz CT molecular complexity index is 907. The largest absolute Gasteiger partial charge is 0.376 e. The zero-order valence-corrected chi connectivity index (χ0v) is 16.0. The second-order valence-electron chi connectivity index (χ2n) is 6.94. The number of thiophene rings is 1. The summed E-state index contributed by atoms with van der Waals surface area (Å²) in [6, 6.07) is 14.6. The maximum absolute atomic E-state index is 12.9. The van der Waals surface area contributed by atoms with Gasteiger partial charge in [0.25, 0.3) is 5.91 Å². The first-order valence-corrected chi connectivity index (χ1v) is 10.0. The number of carbonyl (C=O) groups is 1. The molecule has 1 aliphatic heterocycles. The summed E-state index contributed by atoms with van der Waals surface area (Å²) in [6.45, 7) is 5.64. The van der Waals surface area contributed by atoms with E-state index in [1.807, 2.05) is 24.3 Å². The summed E-state index contributed by atoms with van der Waals surface area (Å²) in [4.78, 5) is 14.2. The lowest BCUT2D eigenvalue weighted by Crippen LogP contribution is -2.33. The summed E-state index contributed by atoms with van der Waals surface area (Å²) >= 11 is 1.74. The fraction of sp³-hybridized carbons (Fsp3) is 0.381. The number of fused-ring (bicyclic) bond motifs is 1. The Morgan fingerprint density at radius 3 is 2.88 bits per heavy atom. The van der Waals surface area contributed by atoms with Gasteiger partial charge in [0, 0.05) is 18.0 Å². The number of ether oxygens (including phenoxy) is 1. The Morgan fingerprint density at radius 2 is 2.15 bits per heavy atom. The predicted octanol–water partition coefficient (Wildman–Crippen LogP) is 4.53. The van der Waals surface area contributed by atoms with Gasteiger partial charge in [0.05, 0.1) is 22.4 Å². The highest BCUT2D eigenvalue weighted by Crippen LogP contribution is 2.33. The number of rotatable bonds is 5. The molecule has 1 aliphatic rings. The van der Waals surface area contributed by atoms with Crippen LogP contribution in [-0.2, 0) is 4.74 Å². The van der Waals surface area contributed by atoms with Crippen molar-refractivity contribution in [2.75, 3.05) is 13.2 Å². The highest BCUT2D eigenvalue weighted by molar-refractivity contribution is 7.19. The molecule has 5 heteroatoms. The molecule has 136 valence electrons. The molecule has 1 N–H and O–H groups in total. The average molecular weight is 369 g/mol. The van der Waals surface area contributed by atoms with Gasteiger partial charge < -0.3 is 14.6 Å². The lowest BCUT2D eigenvalue weighted by molar-refractivity contribution is 0.0850. The SMILES string of the molecule is Cc1cc2c(cc(C(=O)NC[C@H]3CCCO3)n2[C@H](C)c2ccccc2)s1. The van der Waals surface area contributed by atoms with E-state index in [9.17, 15) is 4.79 Å². The van der Waals surface area contributed by atoms with E-state index >= 15 is 0 Å². The van der Waals surface area contributed by atoms with Crippen molar-refractivity contribution in [3.8, 4) is 0 Å². The van der Waals surface area contributed by atoms with Crippen LogP contribution >= 0.6 is 11.3 Å². The van der Waals surface area contributed by atoms with Crippen molar-refractivity contribution in [3.05, 3.63) is 58.6 Å². The van der Waals surface area contributed by atoms with Gasteiger partial charge in [-0.15, -0.1) is 11.3 Å². The minimum absolute atomic E-state index is 0.0238. The third-order valence-electron chi connectivity index (χ3n) is 5.07. The van der Waals surface area contributed by atoms with Crippen LogP contribution in [0.25, 0.3) is 10.2 Å². The number of nitrogens with zero attached hydrogens (tertiary/aromatic N) is 1. The maximum Gasteiger partial charge on any atom is 0.268 e. The Labute approximate surface area is 157 Å². The molecule has 0 aliphatic carbocycles. The van der Waals surface area contributed by atoms with Crippen molar-refractivity contribution in [2.24, 2.45) is 0 Å². The molecule has 0 spiro atoms. The molecule has 0 bridgehead atoms. The van der Waals surface area contributed by atoms with Crippen LogP contribution < -0.4 is 5.32 Å². The Kier molecular flexibility index (Phi) is 4.83. The number of hydrogen-bond donors (Lipinski definition) is 1. The molecular weight excluding hydrogens is 344 g/mol. The minimum Gasteiger partial charge on any atom is -0.376 e. The smallest absolute Gasteiger partial charge is 0.268 e. The molecule has 0 unspecified atom stereocenters. The Morgan fingerprint density at radius 1 is 1.35 bits per heavy atom. The first-order chi connectivity index (χ1) is 12.6. The fourth-order valence-corrected chi connectivity index (χ4v) is 4.66. The van der Waals surface area contributed by atoms with Gasteiger partial charge in [0.15, 0.2) is 0 Å². The van der Waals surface area contributed by atoms with Gasteiger partial charge in [-0.05, 0) is 44.4 Å². The van der Waals surface area contributed by atoms with Gasteiger partial charge in [0.2, 0.25) is 0 Å². The third-order valence-corrected chi connectivity index (χ3v) is 6.05. The van der Waals surface area contributed by atoms with Crippen LogP contribution in [0.5, 0.6) is 0 Å². The number of hydrogen-bond acceptors (Lipinski definition) is 3. The molecule has 2 atom stereocenters. The second-order valence-corrected chi connectivity index (χ2v) is 8.23. The van der Waals surface area contributed by atoms with Crippen LogP contribution in [-0.4, -0.2) is 29.7 Å². The Hall–Kier alpha value is -2.11. The highest BCUT2D eigenvalue weighted by atomic mass is 32.1. The van der Waals surface area contributed by atoms with Gasteiger partial charge in [-0.2, -0.15) is 0 Å². The fourth-order valence-electron chi connectivity index (χ4n) is 3.71. The van der Waals surface area contributed by atoms with E-state index in [0.29, 0.717) is 6.54 Å². The van der Waals surface area contributed by atoms with Crippen LogP contribution in [0.2, 0.25) is 0 Å². The number of aromatic nitrogens is 1. The summed E-state index contributed by atoms with van der Waals surface area (Å²) in [5.41, 5.74) is 3.05. The lowest BCUT2D eigenvalue weighted by atomic mass is 10.1. The number of nitrogens with one attached hydrogen (secondary N) is 1. The normalized spacial score (nSPS) is 18.3. The molecular formula is C21H24N2O2S. The summed E-state index contributed by atoms with van der Waals surface area (Å²) in [5.74, 6) is -0.0238. The van der Waals surface area contributed by atoms with Crippen molar-refractivity contribution in [3.63, 3.8) is 0 Å². The van der Waals surface area contributed by atoms with Gasteiger partial charge >= 0.3 is 0 Å². The summed E-state index contributed by atoms with van der Waals surface area (Å²) in [5, 5.41) is 3.07. The van der Waals surface area contributed by atoms with Gasteiger partial charge in [-0.25, -0.2) is 0 Å². The van der Waals surface area contributed by atoms with E-state index in [2.05, 4.69) is 41.9 Å². The van der Waals surface area contributed by atoms with Crippen molar-refractivity contribution in [1.29, 1.82) is 0 Å². The third kappa shape index (κ3) is 3.29. The van der Waals surface area contributed by atoms with Crippen LogP contribution in [0, 0.1) is 6.92 Å². The van der Waals surface area contributed by atoms with E-state index in [1.165, 1.54) is 10.4 Å². The standard InChI is InChI=1S/C21H24N2O2S/c1-14-11-18-20(26-14)12-19(21(24)22-13-17-9-6-10-25-17)23(18)15(2)16-7-4-3-5-8-16/h3-5,7-8,11-12,15,17H,6,9-10,13H2,1-2H3,(H,22,24)/t15-,17-/m1/s1. The van der Waals surface area contributed by atoms with Crippen molar-refractivity contribution >= 4 is 27.5 Å². The molecule has 1 aromatic carbocycles. The number of benzene rings is 1. The molecule has 3 heterocycles. The van der Waals surface area contributed by atoms with Gasteiger partial charge in [-0.1, -0.05) is 30.3 Å². The van der Waals surface area contributed by atoms with Crippen molar-refractivity contribution in [2.45, 2.75) is 38.8 Å². The molecule has 26 heavy (non-hydrogen) atoms. The van der Waals surface area contributed by atoms with Crippen LogP contribution in [0.1, 0.15) is 46.7 Å². The number of amides is 1. The van der Waals surface area contributed by atoms with E-state index in [0.717, 1.165) is 35.4 Å². The van der Waals surface area contributed by atoms with Crippen LogP contribution in [0.3, 0.4) is 0 Å². The van der Waals surface area contributed by atoms with E-state index in [4.69, 9.17) is 4.74 Å². The summed E-state index contributed by atoms with van der Waals surface area (Å²) in [7, 11) is 0. The molecule has 2 aromatic heterocycles. The molecule has 1 fully saturated rings. The highest BCUT2D eigenvalue weighted by Gasteiger charge is 2.23. The number of aryl methyl sites for hydroxylation is 1. The molecule has 0 radical (unpaired) electrons. The maximum atomic E-state index is 12.9. The van der Waals surface area contributed by atoms with Crippen LogP contribution in [0.15, 0.2) is 42.5 Å². The minimum atomic E-state index is -0.0238. The molecule has 0 saturated carbocycles. The molecule has 4 rings (SSSR count).